The van der Waals surface area contributed by atoms with Crippen LogP contribution >= 0.6 is 11.6 Å². The second-order valence-electron chi connectivity index (χ2n) is 5.29. The minimum atomic E-state index is 0.442. The number of hydrogen-bond acceptors (Lipinski definition) is 2. The molecule has 0 unspecified atom stereocenters. The van der Waals surface area contributed by atoms with Gasteiger partial charge in [-0.15, -0.1) is 0 Å². The molecule has 0 amide bonds. The van der Waals surface area contributed by atoms with Crippen LogP contribution in [0.5, 0.6) is 5.75 Å². The number of ether oxygens (including phenoxy) is 1. The minimum absolute atomic E-state index is 0.442. The second-order valence-corrected chi connectivity index (χ2v) is 5.73. The maximum atomic E-state index is 6.14. The molecule has 2 aromatic rings. The van der Waals surface area contributed by atoms with Crippen LogP contribution in [0.2, 0.25) is 5.02 Å². The number of hydrogen-bond donors (Lipinski definition) is 1. The Labute approximate surface area is 132 Å². The first-order chi connectivity index (χ1) is 10.1. The predicted molar refractivity (Wildman–Crippen MR) is 90.0 cm³/mol. The van der Waals surface area contributed by atoms with Crippen molar-refractivity contribution in [1.82, 2.24) is 5.32 Å². The van der Waals surface area contributed by atoms with Crippen LogP contribution in [-0.2, 0) is 6.54 Å². The molecule has 2 aromatic carbocycles. The summed E-state index contributed by atoms with van der Waals surface area (Å²) < 4.78 is 5.49. The van der Waals surface area contributed by atoms with Crippen LogP contribution in [0.4, 0.5) is 0 Å². The van der Waals surface area contributed by atoms with Gasteiger partial charge < -0.3 is 10.1 Å². The van der Waals surface area contributed by atoms with E-state index in [4.69, 9.17) is 16.3 Å². The molecule has 0 aliphatic rings. The van der Waals surface area contributed by atoms with Gasteiger partial charge in [-0.3, -0.25) is 0 Å². The normalized spacial score (nSPS) is 10.9. The first kappa shape index (κ1) is 15.9. The first-order valence-electron chi connectivity index (χ1n) is 7.35. The zero-order chi connectivity index (χ0) is 15.2. The minimum Gasteiger partial charge on any atom is -0.494 e. The van der Waals surface area contributed by atoms with E-state index < -0.39 is 0 Å². The Balaban J connectivity index is 2.29. The van der Waals surface area contributed by atoms with Crippen molar-refractivity contribution in [3.63, 3.8) is 0 Å². The molecule has 2 nitrogen and oxygen atoms in total. The van der Waals surface area contributed by atoms with Crippen LogP contribution in [0.25, 0.3) is 11.1 Å². The molecule has 0 spiro atoms. The van der Waals surface area contributed by atoms with E-state index >= 15 is 0 Å². The van der Waals surface area contributed by atoms with Gasteiger partial charge in [-0.1, -0.05) is 43.6 Å². The summed E-state index contributed by atoms with van der Waals surface area (Å²) in [6.45, 7) is 7.76. The Morgan fingerprint density at radius 3 is 2.43 bits per heavy atom. The highest BCUT2D eigenvalue weighted by molar-refractivity contribution is 6.30. The summed E-state index contributed by atoms with van der Waals surface area (Å²) in [5, 5.41) is 4.22. The highest BCUT2D eigenvalue weighted by Gasteiger charge is 2.07. The molecule has 2 rings (SSSR count). The van der Waals surface area contributed by atoms with Gasteiger partial charge >= 0.3 is 0 Å². The van der Waals surface area contributed by atoms with Crippen LogP contribution in [0.15, 0.2) is 42.5 Å². The zero-order valence-electron chi connectivity index (χ0n) is 12.8. The van der Waals surface area contributed by atoms with Crippen molar-refractivity contribution in [3.8, 4) is 16.9 Å². The number of rotatable bonds is 6. The van der Waals surface area contributed by atoms with E-state index in [2.05, 4.69) is 37.4 Å². The van der Waals surface area contributed by atoms with E-state index in [1.165, 1.54) is 16.7 Å². The summed E-state index contributed by atoms with van der Waals surface area (Å²) in [7, 11) is 0. The topological polar surface area (TPSA) is 21.3 Å². The third-order valence-electron chi connectivity index (χ3n) is 3.24. The SMILES string of the molecule is CCOc1ccc(-c2ccc(Cl)cc2CNC(C)C)cc1. The molecule has 0 radical (unpaired) electrons. The maximum absolute atomic E-state index is 6.14. The van der Waals surface area contributed by atoms with Gasteiger partial charge in [0, 0.05) is 17.6 Å². The van der Waals surface area contributed by atoms with Gasteiger partial charge in [0.05, 0.1) is 6.61 Å². The Morgan fingerprint density at radius 1 is 1.10 bits per heavy atom. The van der Waals surface area contributed by atoms with Gasteiger partial charge in [-0.05, 0) is 47.9 Å². The molecule has 0 heterocycles. The fraction of sp³-hybridized carbons (Fsp3) is 0.333. The van der Waals surface area contributed by atoms with Crippen molar-refractivity contribution in [2.75, 3.05) is 6.61 Å². The van der Waals surface area contributed by atoms with Gasteiger partial charge in [0.2, 0.25) is 0 Å². The van der Waals surface area contributed by atoms with Crippen LogP contribution in [0.3, 0.4) is 0 Å². The monoisotopic (exact) mass is 303 g/mol. The molecular formula is C18H22ClNO. The molecule has 0 saturated heterocycles. The van der Waals surface area contributed by atoms with Crippen molar-refractivity contribution < 1.29 is 4.74 Å². The molecule has 0 fully saturated rings. The average molecular weight is 304 g/mol. The standard InChI is InChI=1S/C18H22ClNO/c1-4-21-17-8-5-14(6-9-17)18-10-7-16(19)11-15(18)12-20-13(2)3/h5-11,13,20H,4,12H2,1-3H3. The summed E-state index contributed by atoms with van der Waals surface area (Å²) in [5.41, 5.74) is 3.59. The maximum Gasteiger partial charge on any atom is 0.119 e. The lowest BCUT2D eigenvalue weighted by atomic mass is 9.99. The van der Waals surface area contributed by atoms with Crippen LogP contribution in [0.1, 0.15) is 26.3 Å². The number of benzene rings is 2. The van der Waals surface area contributed by atoms with Gasteiger partial charge in [0.15, 0.2) is 0 Å². The van der Waals surface area contributed by atoms with E-state index in [0.29, 0.717) is 12.6 Å². The molecule has 0 aliphatic carbocycles. The third-order valence-corrected chi connectivity index (χ3v) is 3.48. The van der Waals surface area contributed by atoms with Crippen LogP contribution < -0.4 is 10.1 Å². The van der Waals surface area contributed by atoms with E-state index in [-0.39, 0.29) is 0 Å². The quantitative estimate of drug-likeness (QED) is 0.819. The summed E-state index contributed by atoms with van der Waals surface area (Å²) in [6, 6.07) is 14.7. The molecule has 0 atom stereocenters. The molecule has 0 saturated carbocycles. The van der Waals surface area contributed by atoms with Gasteiger partial charge in [0.1, 0.15) is 5.75 Å². The molecule has 21 heavy (non-hydrogen) atoms. The lowest BCUT2D eigenvalue weighted by molar-refractivity contribution is 0.340. The van der Waals surface area contributed by atoms with Gasteiger partial charge in [-0.25, -0.2) is 0 Å². The smallest absolute Gasteiger partial charge is 0.119 e. The van der Waals surface area contributed by atoms with E-state index in [1.807, 2.05) is 31.2 Å². The zero-order valence-corrected chi connectivity index (χ0v) is 13.6. The molecule has 112 valence electrons. The van der Waals surface area contributed by atoms with E-state index in [1.54, 1.807) is 0 Å². The highest BCUT2D eigenvalue weighted by atomic mass is 35.5. The van der Waals surface area contributed by atoms with Crippen LogP contribution in [0, 0.1) is 0 Å². The van der Waals surface area contributed by atoms with Crippen molar-refractivity contribution in [2.45, 2.75) is 33.4 Å². The van der Waals surface area contributed by atoms with E-state index in [0.717, 1.165) is 17.3 Å². The molecular weight excluding hydrogens is 282 g/mol. The highest BCUT2D eigenvalue weighted by Crippen LogP contribution is 2.28. The Kier molecular flexibility index (Phi) is 5.66. The molecule has 1 N–H and O–H groups in total. The summed E-state index contributed by atoms with van der Waals surface area (Å²) in [6.07, 6.45) is 0. The van der Waals surface area contributed by atoms with Gasteiger partial charge in [-0.2, -0.15) is 0 Å². The van der Waals surface area contributed by atoms with Crippen molar-refractivity contribution >= 4 is 11.6 Å². The Bertz CT molecular complexity index is 578. The summed E-state index contributed by atoms with van der Waals surface area (Å²) in [4.78, 5) is 0. The fourth-order valence-electron chi connectivity index (χ4n) is 2.20. The predicted octanol–water partition coefficient (Wildman–Crippen LogP) is 4.90. The molecule has 3 heteroatoms. The molecule has 0 aromatic heterocycles. The molecule has 0 bridgehead atoms. The number of halogens is 1. The largest absolute Gasteiger partial charge is 0.494 e. The third kappa shape index (κ3) is 4.48. The van der Waals surface area contributed by atoms with Crippen molar-refractivity contribution in [3.05, 3.63) is 53.1 Å². The number of nitrogens with one attached hydrogen (secondary N) is 1. The van der Waals surface area contributed by atoms with Crippen molar-refractivity contribution in [2.24, 2.45) is 0 Å². The molecule has 0 aliphatic heterocycles. The Morgan fingerprint density at radius 2 is 1.81 bits per heavy atom. The average Bonchev–Trinajstić information content (AvgIpc) is 2.46. The van der Waals surface area contributed by atoms with Crippen molar-refractivity contribution in [1.29, 1.82) is 0 Å². The van der Waals surface area contributed by atoms with E-state index in [9.17, 15) is 0 Å². The summed E-state index contributed by atoms with van der Waals surface area (Å²) in [5.74, 6) is 0.900. The first-order valence-corrected chi connectivity index (χ1v) is 7.73. The van der Waals surface area contributed by atoms with Gasteiger partial charge in [0.25, 0.3) is 0 Å². The lowest BCUT2D eigenvalue weighted by Gasteiger charge is -2.14. The second kappa shape index (κ2) is 7.48. The lowest BCUT2D eigenvalue weighted by Crippen LogP contribution is -2.22. The Hall–Kier alpha value is -1.51. The van der Waals surface area contributed by atoms with Crippen LogP contribution in [-0.4, -0.2) is 12.6 Å². The summed E-state index contributed by atoms with van der Waals surface area (Å²) >= 11 is 6.14. The fourth-order valence-corrected chi connectivity index (χ4v) is 2.40.